The number of hydrogen-bond acceptors (Lipinski definition) is 2. The van der Waals surface area contributed by atoms with E-state index in [2.05, 4.69) is 11.2 Å². The van der Waals surface area contributed by atoms with Crippen molar-refractivity contribution in [2.24, 2.45) is 7.05 Å². The van der Waals surface area contributed by atoms with Gasteiger partial charge in [0, 0.05) is 12.1 Å². The number of aryl methyl sites for hydroxylation is 1. The highest BCUT2D eigenvalue weighted by molar-refractivity contribution is 6.30. The summed E-state index contributed by atoms with van der Waals surface area (Å²) in [6.45, 7) is 2.21. The van der Waals surface area contributed by atoms with Crippen molar-refractivity contribution in [3.05, 3.63) is 51.2 Å². The van der Waals surface area contributed by atoms with Crippen LogP contribution in [0.2, 0.25) is 5.02 Å². The van der Waals surface area contributed by atoms with E-state index in [-0.39, 0.29) is 5.69 Å². The van der Waals surface area contributed by atoms with E-state index in [0.29, 0.717) is 17.4 Å². The molecule has 0 saturated carbocycles. The Hall–Kier alpha value is -1.55. The maximum atomic E-state index is 11.7. The minimum absolute atomic E-state index is 0.127. The molecule has 1 aromatic heterocycles. The van der Waals surface area contributed by atoms with Gasteiger partial charge in [0.2, 0.25) is 0 Å². The Kier molecular flexibility index (Phi) is 2.83. The van der Waals surface area contributed by atoms with E-state index in [1.807, 2.05) is 0 Å². The average Bonchev–Trinajstić information content (AvgIpc) is 2.47. The second-order valence-corrected chi connectivity index (χ2v) is 4.04. The molecule has 0 N–H and O–H groups in total. The van der Waals surface area contributed by atoms with Crippen molar-refractivity contribution < 1.29 is 0 Å². The third-order valence-electron chi connectivity index (χ3n) is 2.40. The highest BCUT2D eigenvalue weighted by atomic mass is 35.5. The fourth-order valence-electron chi connectivity index (χ4n) is 1.45. The molecule has 2 aromatic rings. The summed E-state index contributed by atoms with van der Waals surface area (Å²) < 4.78 is 2.92. The second kappa shape index (κ2) is 4.14. The van der Waals surface area contributed by atoms with Gasteiger partial charge in [-0.15, -0.1) is 0 Å². The van der Waals surface area contributed by atoms with Crippen LogP contribution in [-0.2, 0) is 13.6 Å². The van der Waals surface area contributed by atoms with Crippen LogP contribution in [-0.4, -0.2) is 14.3 Å². The van der Waals surface area contributed by atoms with Crippen LogP contribution in [0.3, 0.4) is 0 Å². The first-order chi connectivity index (χ1) is 7.58. The molecule has 0 bridgehead atoms. The van der Waals surface area contributed by atoms with Crippen molar-refractivity contribution in [1.29, 1.82) is 0 Å². The lowest BCUT2D eigenvalue weighted by atomic mass is 10.2. The van der Waals surface area contributed by atoms with Gasteiger partial charge in [-0.05, 0) is 36.8 Å². The molecule has 0 aliphatic heterocycles. The first-order valence-electron chi connectivity index (χ1n) is 4.84. The van der Waals surface area contributed by atoms with E-state index in [9.17, 15) is 4.79 Å². The zero-order chi connectivity index (χ0) is 11.7. The minimum atomic E-state index is -0.127. The van der Waals surface area contributed by atoms with Crippen molar-refractivity contribution >= 4 is 11.6 Å². The van der Waals surface area contributed by atoms with Crippen molar-refractivity contribution in [3.8, 4) is 0 Å². The van der Waals surface area contributed by atoms with E-state index in [0.717, 1.165) is 5.56 Å². The van der Waals surface area contributed by atoms with Crippen LogP contribution in [0.5, 0.6) is 0 Å². The second-order valence-electron chi connectivity index (χ2n) is 3.61. The van der Waals surface area contributed by atoms with Gasteiger partial charge in [-0.3, -0.25) is 4.57 Å². The molecule has 0 fully saturated rings. The Morgan fingerprint density at radius 2 is 2.25 bits per heavy atom. The predicted octanol–water partition coefficient (Wildman–Crippen LogP) is 1.39. The molecule has 1 radical (unpaired) electrons. The van der Waals surface area contributed by atoms with E-state index < -0.39 is 0 Å². The quantitative estimate of drug-likeness (QED) is 0.791. The highest BCUT2D eigenvalue weighted by Crippen LogP contribution is 2.10. The molecule has 0 saturated heterocycles. The average molecular weight is 237 g/mol. The van der Waals surface area contributed by atoms with Gasteiger partial charge in [-0.2, -0.15) is 5.10 Å². The molecule has 2 rings (SSSR count). The zero-order valence-corrected chi connectivity index (χ0v) is 9.82. The van der Waals surface area contributed by atoms with Crippen molar-refractivity contribution in [2.45, 2.75) is 13.5 Å². The number of rotatable bonds is 2. The van der Waals surface area contributed by atoms with E-state index in [1.54, 1.807) is 32.2 Å². The predicted molar refractivity (Wildman–Crippen MR) is 61.6 cm³/mol. The van der Waals surface area contributed by atoms with Crippen LogP contribution in [0.25, 0.3) is 0 Å². The molecule has 0 atom stereocenters. The first-order valence-corrected chi connectivity index (χ1v) is 5.21. The molecular formula is C11H11ClN3O. The standard InChI is InChI=1S/C11H11ClN3O/c1-8-13-15(11(16)14(8)2)7-9-4-3-5-10(12)6-9/h4-6H,7H2,1-2H3. The minimum Gasteiger partial charge on any atom is -0.282 e. The zero-order valence-electron chi connectivity index (χ0n) is 9.07. The van der Waals surface area contributed by atoms with Crippen molar-refractivity contribution in [1.82, 2.24) is 14.3 Å². The molecule has 4 nitrogen and oxygen atoms in total. The maximum absolute atomic E-state index is 11.7. The van der Waals surface area contributed by atoms with E-state index >= 15 is 0 Å². The van der Waals surface area contributed by atoms with E-state index in [1.165, 1.54) is 9.25 Å². The summed E-state index contributed by atoms with van der Waals surface area (Å²) in [4.78, 5) is 11.7. The Bertz CT molecular complexity index is 571. The number of aromatic nitrogens is 3. The molecule has 83 valence electrons. The Balaban J connectivity index is 2.34. The van der Waals surface area contributed by atoms with Crippen LogP contribution < -0.4 is 5.69 Å². The van der Waals surface area contributed by atoms with Crippen LogP contribution in [0.1, 0.15) is 11.4 Å². The van der Waals surface area contributed by atoms with Crippen LogP contribution >= 0.6 is 11.6 Å². The lowest BCUT2D eigenvalue weighted by molar-refractivity contribution is 0.645. The summed E-state index contributed by atoms with van der Waals surface area (Å²) in [7, 11) is 1.70. The third-order valence-corrected chi connectivity index (χ3v) is 2.62. The van der Waals surface area contributed by atoms with Gasteiger partial charge in [0.1, 0.15) is 5.82 Å². The van der Waals surface area contributed by atoms with Gasteiger partial charge < -0.3 is 0 Å². The number of halogens is 1. The largest absolute Gasteiger partial charge is 0.345 e. The SMILES string of the molecule is Cc1nn(Cc2c[c]cc(Cl)c2)c(=O)n1C. The summed E-state index contributed by atoms with van der Waals surface area (Å²) in [5.74, 6) is 0.691. The molecule has 0 unspecified atom stereocenters. The molecule has 0 amide bonds. The topological polar surface area (TPSA) is 39.8 Å². The molecule has 5 heteroatoms. The van der Waals surface area contributed by atoms with E-state index in [4.69, 9.17) is 11.6 Å². The number of nitrogens with zero attached hydrogens (tertiary/aromatic N) is 3. The first kappa shape index (κ1) is 11.0. The van der Waals surface area contributed by atoms with Gasteiger partial charge in [-0.25, -0.2) is 9.48 Å². The summed E-state index contributed by atoms with van der Waals surface area (Å²) in [6.07, 6.45) is 0. The number of hydrogen-bond donors (Lipinski definition) is 0. The lowest BCUT2D eigenvalue weighted by Gasteiger charge is -2.00. The van der Waals surface area contributed by atoms with Crippen LogP contribution in [0, 0.1) is 13.0 Å². The molecular weight excluding hydrogens is 226 g/mol. The molecule has 1 heterocycles. The van der Waals surface area contributed by atoms with Gasteiger partial charge in [0.15, 0.2) is 0 Å². The van der Waals surface area contributed by atoms with Crippen molar-refractivity contribution in [3.63, 3.8) is 0 Å². The molecule has 0 aliphatic carbocycles. The normalized spacial score (nSPS) is 10.7. The lowest BCUT2D eigenvalue weighted by Crippen LogP contribution is -2.23. The monoisotopic (exact) mass is 236 g/mol. The maximum Gasteiger partial charge on any atom is 0.345 e. The molecule has 0 aliphatic rings. The van der Waals surface area contributed by atoms with Gasteiger partial charge in [-0.1, -0.05) is 11.6 Å². The summed E-state index contributed by atoms with van der Waals surface area (Å²) >= 11 is 5.84. The van der Waals surface area contributed by atoms with Crippen LogP contribution in [0.15, 0.2) is 23.0 Å². The van der Waals surface area contributed by atoms with Crippen LogP contribution in [0.4, 0.5) is 0 Å². The summed E-state index contributed by atoms with van der Waals surface area (Å²) in [5, 5.41) is 4.75. The number of benzene rings is 1. The fourth-order valence-corrected chi connectivity index (χ4v) is 1.66. The summed E-state index contributed by atoms with van der Waals surface area (Å²) in [5.41, 5.74) is 0.783. The van der Waals surface area contributed by atoms with Gasteiger partial charge in [0.05, 0.1) is 6.54 Å². The highest BCUT2D eigenvalue weighted by Gasteiger charge is 2.06. The smallest absolute Gasteiger partial charge is 0.282 e. The van der Waals surface area contributed by atoms with Gasteiger partial charge >= 0.3 is 5.69 Å². The fraction of sp³-hybridized carbons (Fsp3) is 0.273. The third kappa shape index (κ3) is 2.02. The Morgan fingerprint density at radius 3 is 2.81 bits per heavy atom. The molecule has 1 aromatic carbocycles. The molecule has 0 spiro atoms. The van der Waals surface area contributed by atoms with Gasteiger partial charge in [0.25, 0.3) is 0 Å². The summed E-state index contributed by atoms with van der Waals surface area (Å²) in [6, 6.07) is 8.18. The molecule has 16 heavy (non-hydrogen) atoms. The van der Waals surface area contributed by atoms with Crippen molar-refractivity contribution in [2.75, 3.05) is 0 Å². The Morgan fingerprint density at radius 1 is 1.50 bits per heavy atom. The Labute approximate surface area is 98.1 Å².